The molecule has 0 radical (unpaired) electrons. The maximum atomic E-state index is 12.3. The quantitative estimate of drug-likeness (QED) is 0.253. The van der Waals surface area contributed by atoms with Crippen molar-refractivity contribution in [3.8, 4) is 0 Å². The van der Waals surface area contributed by atoms with Gasteiger partial charge in [-0.3, -0.25) is 4.79 Å². The zero-order valence-electron chi connectivity index (χ0n) is 20.1. The van der Waals surface area contributed by atoms with Crippen LogP contribution in [0.5, 0.6) is 0 Å². The number of carboxylic acid groups (broad SMARTS) is 1. The SMILES string of the molecule is C=C[C@](C)(CCC=C(C)C)[C@H](C(=O)O)[C@H](C)CO[Si](C(C)C)(C(C)C)C(C)C. The topological polar surface area (TPSA) is 46.5 Å². The molecule has 0 aromatic rings. The van der Waals surface area contributed by atoms with Crippen LogP contribution in [-0.2, 0) is 9.22 Å². The third kappa shape index (κ3) is 6.59. The van der Waals surface area contributed by atoms with Crippen LogP contribution in [0.3, 0.4) is 0 Å². The first-order valence-electron chi connectivity index (χ1n) is 10.9. The summed E-state index contributed by atoms with van der Waals surface area (Å²) in [7, 11) is -2.01. The van der Waals surface area contributed by atoms with E-state index in [0.717, 1.165) is 12.8 Å². The second-order valence-electron chi connectivity index (χ2n) is 9.95. The van der Waals surface area contributed by atoms with Gasteiger partial charge in [-0.1, -0.05) is 73.1 Å². The van der Waals surface area contributed by atoms with Crippen molar-refractivity contribution < 1.29 is 14.3 Å². The summed E-state index contributed by atoms with van der Waals surface area (Å²) >= 11 is 0. The van der Waals surface area contributed by atoms with Gasteiger partial charge < -0.3 is 9.53 Å². The summed E-state index contributed by atoms with van der Waals surface area (Å²) in [6.45, 7) is 26.3. The zero-order chi connectivity index (χ0) is 22.3. The molecule has 0 spiro atoms. The normalized spacial score (nSPS) is 16.8. The van der Waals surface area contributed by atoms with Crippen LogP contribution < -0.4 is 0 Å². The van der Waals surface area contributed by atoms with Crippen molar-refractivity contribution in [3.05, 3.63) is 24.3 Å². The summed E-state index contributed by atoms with van der Waals surface area (Å²) in [6, 6.07) is 0. The standard InChI is InChI=1S/C24H46O3Si/c1-12-24(11,15-13-14-17(2)3)22(23(25)26)21(10)16-27-28(18(4)5,19(6)7)20(8)9/h12,14,18-22H,1,13,15-16H2,2-11H3,(H,25,26)/t21-,22+,24-/m1/s1. The molecule has 0 fully saturated rings. The predicted molar refractivity (Wildman–Crippen MR) is 124 cm³/mol. The van der Waals surface area contributed by atoms with Crippen LogP contribution >= 0.6 is 0 Å². The molecule has 0 saturated carbocycles. The van der Waals surface area contributed by atoms with E-state index in [2.05, 4.69) is 68.0 Å². The molecule has 1 N–H and O–H groups in total. The Bertz CT molecular complexity index is 510. The lowest BCUT2D eigenvalue weighted by atomic mass is 9.68. The molecule has 0 heterocycles. The van der Waals surface area contributed by atoms with E-state index < -0.39 is 25.6 Å². The second kappa shape index (κ2) is 11.3. The molecular formula is C24H46O3Si. The smallest absolute Gasteiger partial charge is 0.307 e. The van der Waals surface area contributed by atoms with Crippen LogP contribution in [0.25, 0.3) is 0 Å². The van der Waals surface area contributed by atoms with E-state index in [9.17, 15) is 9.90 Å². The lowest BCUT2D eigenvalue weighted by Gasteiger charge is -2.44. The number of hydrogen-bond acceptors (Lipinski definition) is 2. The van der Waals surface area contributed by atoms with E-state index in [4.69, 9.17) is 4.43 Å². The minimum Gasteiger partial charge on any atom is -0.481 e. The summed E-state index contributed by atoms with van der Waals surface area (Å²) in [6.07, 6.45) is 5.67. The molecular weight excluding hydrogens is 364 g/mol. The first-order valence-corrected chi connectivity index (χ1v) is 13.0. The molecule has 28 heavy (non-hydrogen) atoms. The van der Waals surface area contributed by atoms with Gasteiger partial charge >= 0.3 is 5.97 Å². The Hall–Kier alpha value is -0.873. The molecule has 0 amide bonds. The van der Waals surface area contributed by atoms with E-state index in [0.29, 0.717) is 23.2 Å². The highest BCUT2D eigenvalue weighted by molar-refractivity contribution is 6.77. The molecule has 0 aliphatic rings. The molecule has 0 unspecified atom stereocenters. The van der Waals surface area contributed by atoms with Gasteiger partial charge in [-0.05, 0) is 54.6 Å². The number of carbonyl (C=O) groups is 1. The Morgan fingerprint density at radius 2 is 1.54 bits per heavy atom. The first kappa shape index (κ1) is 27.1. The van der Waals surface area contributed by atoms with Gasteiger partial charge in [-0.25, -0.2) is 0 Å². The van der Waals surface area contributed by atoms with Crippen molar-refractivity contribution in [1.29, 1.82) is 0 Å². The average molecular weight is 411 g/mol. The van der Waals surface area contributed by atoms with Crippen molar-refractivity contribution in [2.24, 2.45) is 17.3 Å². The van der Waals surface area contributed by atoms with Gasteiger partial charge in [0.2, 0.25) is 0 Å². The Kier molecular flexibility index (Phi) is 11.0. The van der Waals surface area contributed by atoms with E-state index in [1.54, 1.807) is 0 Å². The molecule has 0 aromatic heterocycles. The number of hydrogen-bond donors (Lipinski definition) is 1. The Balaban J connectivity index is 5.61. The first-order chi connectivity index (χ1) is 12.8. The van der Waals surface area contributed by atoms with Gasteiger partial charge in [0, 0.05) is 6.61 Å². The highest BCUT2D eigenvalue weighted by Crippen LogP contribution is 2.44. The van der Waals surface area contributed by atoms with Gasteiger partial charge in [0.25, 0.3) is 0 Å². The monoisotopic (exact) mass is 410 g/mol. The fourth-order valence-corrected chi connectivity index (χ4v) is 10.7. The van der Waals surface area contributed by atoms with Crippen molar-refractivity contribution in [2.45, 2.75) is 98.7 Å². The summed E-state index contributed by atoms with van der Waals surface area (Å²) < 4.78 is 6.72. The van der Waals surface area contributed by atoms with Crippen molar-refractivity contribution in [3.63, 3.8) is 0 Å². The van der Waals surface area contributed by atoms with E-state index in [1.165, 1.54) is 5.57 Å². The van der Waals surface area contributed by atoms with Crippen LogP contribution in [0.1, 0.15) is 82.1 Å². The van der Waals surface area contributed by atoms with Crippen LogP contribution in [0, 0.1) is 17.3 Å². The minimum atomic E-state index is -2.01. The summed E-state index contributed by atoms with van der Waals surface area (Å²) in [5.74, 6) is -1.33. The minimum absolute atomic E-state index is 0.0738. The van der Waals surface area contributed by atoms with Crippen molar-refractivity contribution in [1.82, 2.24) is 0 Å². The van der Waals surface area contributed by atoms with E-state index >= 15 is 0 Å². The van der Waals surface area contributed by atoms with E-state index in [-0.39, 0.29) is 5.92 Å². The zero-order valence-corrected chi connectivity index (χ0v) is 21.1. The van der Waals surface area contributed by atoms with Crippen molar-refractivity contribution >= 4 is 14.3 Å². The largest absolute Gasteiger partial charge is 0.481 e. The van der Waals surface area contributed by atoms with Crippen LogP contribution in [-0.4, -0.2) is 26.0 Å². The fourth-order valence-electron chi connectivity index (χ4n) is 5.10. The number of rotatable bonds is 13. The number of aliphatic carboxylic acids is 1. The van der Waals surface area contributed by atoms with E-state index in [1.807, 2.05) is 19.9 Å². The van der Waals surface area contributed by atoms with Crippen LogP contribution in [0.2, 0.25) is 16.6 Å². The predicted octanol–water partition coefficient (Wildman–Crippen LogP) is 7.45. The molecule has 164 valence electrons. The molecule has 4 heteroatoms. The van der Waals surface area contributed by atoms with Crippen LogP contribution in [0.15, 0.2) is 24.3 Å². The Labute approximate surface area is 175 Å². The molecule has 3 atom stereocenters. The summed E-state index contributed by atoms with van der Waals surface area (Å²) in [5.41, 5.74) is 2.28. The molecule has 0 rings (SSSR count). The lowest BCUT2D eigenvalue weighted by molar-refractivity contribution is -0.148. The fraction of sp³-hybridized carbons (Fsp3) is 0.792. The summed E-state index contributed by atoms with van der Waals surface area (Å²) in [5, 5.41) is 10.1. The third-order valence-corrected chi connectivity index (χ3v) is 12.6. The molecule has 3 nitrogen and oxygen atoms in total. The molecule has 0 aromatic carbocycles. The third-order valence-electron chi connectivity index (χ3n) is 6.55. The maximum absolute atomic E-state index is 12.3. The van der Waals surface area contributed by atoms with Gasteiger partial charge in [0.1, 0.15) is 0 Å². The number of allylic oxidation sites excluding steroid dienone is 3. The molecule has 0 bridgehead atoms. The maximum Gasteiger partial charge on any atom is 0.307 e. The highest BCUT2D eigenvalue weighted by Gasteiger charge is 2.47. The van der Waals surface area contributed by atoms with Gasteiger partial charge in [0.15, 0.2) is 8.32 Å². The molecule has 0 aliphatic carbocycles. The Morgan fingerprint density at radius 3 is 1.86 bits per heavy atom. The average Bonchev–Trinajstić information content (AvgIpc) is 2.53. The Morgan fingerprint density at radius 1 is 1.07 bits per heavy atom. The molecule has 0 saturated heterocycles. The highest BCUT2D eigenvalue weighted by atomic mass is 28.4. The van der Waals surface area contributed by atoms with Gasteiger partial charge in [0.05, 0.1) is 5.92 Å². The van der Waals surface area contributed by atoms with Gasteiger partial charge in [-0.2, -0.15) is 0 Å². The second-order valence-corrected chi connectivity index (χ2v) is 15.4. The number of carboxylic acids is 1. The van der Waals surface area contributed by atoms with Gasteiger partial charge in [-0.15, -0.1) is 6.58 Å². The van der Waals surface area contributed by atoms with Crippen LogP contribution in [0.4, 0.5) is 0 Å². The molecule has 0 aliphatic heterocycles. The lowest BCUT2D eigenvalue weighted by Crippen LogP contribution is -2.49. The van der Waals surface area contributed by atoms with Crippen molar-refractivity contribution in [2.75, 3.05) is 6.61 Å². The summed E-state index contributed by atoms with van der Waals surface area (Å²) in [4.78, 5) is 12.3.